The van der Waals surface area contributed by atoms with Crippen molar-refractivity contribution in [1.82, 2.24) is 0 Å². The molecule has 5 heteroatoms. The molecule has 3 aromatic carbocycles. The Morgan fingerprint density at radius 3 is 1.79 bits per heavy atom. The molecule has 0 atom stereocenters. The minimum absolute atomic E-state index is 0.308. The zero-order valence-electron chi connectivity index (χ0n) is 15.3. The third-order valence-corrected chi connectivity index (χ3v) is 7.69. The van der Waals surface area contributed by atoms with Crippen molar-refractivity contribution < 1.29 is 8.42 Å². The summed E-state index contributed by atoms with van der Waals surface area (Å²) in [6.45, 7) is 1.94. The Balaban J connectivity index is 1.89. The zero-order valence-corrected chi connectivity index (χ0v) is 17.0. The highest BCUT2D eigenvalue weighted by atomic mass is 32.2. The molecule has 0 saturated heterocycles. The number of hydrogen-bond donors (Lipinski definition) is 0. The third-order valence-electron chi connectivity index (χ3n) is 4.46. The molecule has 0 aliphatic carbocycles. The first-order valence-electron chi connectivity index (χ1n) is 8.87. The van der Waals surface area contributed by atoms with Crippen LogP contribution in [0.3, 0.4) is 0 Å². The van der Waals surface area contributed by atoms with Crippen LogP contribution in [0.25, 0.3) is 0 Å². The van der Waals surface area contributed by atoms with Gasteiger partial charge in [-0.15, -0.1) is 11.3 Å². The van der Waals surface area contributed by atoms with Gasteiger partial charge in [0.2, 0.25) is 9.84 Å². The van der Waals surface area contributed by atoms with E-state index in [1.165, 1.54) is 11.3 Å². The summed E-state index contributed by atoms with van der Waals surface area (Å²) in [5, 5.41) is 1.83. The molecule has 0 bridgehead atoms. The minimum Gasteiger partial charge on any atom is -0.308 e. The maximum absolute atomic E-state index is 13.4. The van der Waals surface area contributed by atoms with Gasteiger partial charge in [-0.1, -0.05) is 54.1 Å². The lowest BCUT2D eigenvalue weighted by Crippen LogP contribution is -2.12. The first kappa shape index (κ1) is 18.5. The van der Waals surface area contributed by atoms with E-state index in [0.717, 1.165) is 16.9 Å². The molecule has 0 saturated carbocycles. The largest absolute Gasteiger partial charge is 0.308 e. The maximum Gasteiger partial charge on any atom is 0.218 e. The summed E-state index contributed by atoms with van der Waals surface area (Å²) in [6.07, 6.45) is 0. The Morgan fingerprint density at radius 2 is 1.25 bits per heavy atom. The molecular formula is C23H19NO2S2. The average Bonchev–Trinajstić information content (AvgIpc) is 3.20. The van der Waals surface area contributed by atoms with E-state index in [2.05, 4.69) is 0 Å². The average molecular weight is 406 g/mol. The fraction of sp³-hybridized carbons (Fsp3) is 0.0435. The number of sulfone groups is 1. The Hall–Kier alpha value is -2.89. The van der Waals surface area contributed by atoms with Crippen LogP contribution in [-0.2, 0) is 9.84 Å². The summed E-state index contributed by atoms with van der Waals surface area (Å²) >= 11 is 1.24. The van der Waals surface area contributed by atoms with Crippen LogP contribution in [-0.4, -0.2) is 8.42 Å². The van der Waals surface area contributed by atoms with E-state index in [1.807, 2.05) is 96.1 Å². The molecule has 0 fully saturated rings. The lowest BCUT2D eigenvalue weighted by molar-refractivity contribution is 0.598. The number of para-hydroxylation sites is 2. The number of thiophene rings is 1. The molecule has 0 amide bonds. The van der Waals surface area contributed by atoms with Crippen molar-refractivity contribution >= 4 is 38.2 Å². The number of hydrogen-bond acceptors (Lipinski definition) is 4. The Kier molecular flexibility index (Phi) is 5.03. The summed E-state index contributed by atoms with van der Waals surface area (Å²) < 4.78 is 27.1. The molecule has 0 aliphatic heterocycles. The van der Waals surface area contributed by atoms with Crippen LogP contribution in [0.1, 0.15) is 5.56 Å². The third kappa shape index (κ3) is 3.46. The number of benzene rings is 3. The lowest BCUT2D eigenvalue weighted by Gasteiger charge is -2.25. The number of rotatable bonds is 5. The second kappa shape index (κ2) is 7.62. The van der Waals surface area contributed by atoms with Crippen molar-refractivity contribution in [2.75, 3.05) is 4.90 Å². The van der Waals surface area contributed by atoms with Crippen LogP contribution in [0.15, 0.2) is 105 Å². The zero-order chi connectivity index (χ0) is 19.6. The van der Waals surface area contributed by atoms with Gasteiger partial charge in [0, 0.05) is 11.4 Å². The molecule has 0 N–H and O–H groups in total. The number of aryl methyl sites for hydroxylation is 1. The fourth-order valence-corrected chi connectivity index (χ4v) is 5.77. The van der Waals surface area contributed by atoms with Crippen LogP contribution in [0.4, 0.5) is 17.1 Å². The van der Waals surface area contributed by atoms with E-state index in [-0.39, 0.29) is 0 Å². The molecule has 140 valence electrons. The van der Waals surface area contributed by atoms with E-state index >= 15 is 0 Å². The topological polar surface area (TPSA) is 37.4 Å². The Morgan fingerprint density at radius 1 is 0.714 bits per heavy atom. The highest BCUT2D eigenvalue weighted by Crippen LogP contribution is 2.42. The van der Waals surface area contributed by atoms with Gasteiger partial charge in [-0.05, 0) is 54.8 Å². The molecule has 28 heavy (non-hydrogen) atoms. The van der Waals surface area contributed by atoms with Crippen molar-refractivity contribution in [2.45, 2.75) is 16.0 Å². The fourth-order valence-electron chi connectivity index (χ4n) is 3.06. The van der Waals surface area contributed by atoms with Crippen LogP contribution in [0, 0.1) is 6.92 Å². The lowest BCUT2D eigenvalue weighted by atomic mass is 10.2. The number of anilines is 3. The van der Waals surface area contributed by atoms with Gasteiger partial charge in [0.05, 0.1) is 10.6 Å². The van der Waals surface area contributed by atoms with Gasteiger partial charge in [0.25, 0.3) is 0 Å². The monoisotopic (exact) mass is 405 g/mol. The van der Waals surface area contributed by atoms with E-state index < -0.39 is 9.84 Å². The van der Waals surface area contributed by atoms with Crippen molar-refractivity contribution in [2.24, 2.45) is 0 Å². The first-order valence-corrected chi connectivity index (χ1v) is 11.2. The molecule has 3 nitrogen and oxygen atoms in total. The highest BCUT2D eigenvalue weighted by molar-refractivity contribution is 7.93. The van der Waals surface area contributed by atoms with E-state index in [0.29, 0.717) is 14.8 Å². The molecule has 0 spiro atoms. The molecule has 1 heterocycles. The molecule has 0 radical (unpaired) electrons. The molecule has 4 rings (SSSR count). The minimum atomic E-state index is -3.63. The van der Waals surface area contributed by atoms with Crippen molar-refractivity contribution in [1.29, 1.82) is 0 Å². The van der Waals surface area contributed by atoms with E-state index in [4.69, 9.17) is 0 Å². The predicted octanol–water partition coefficient (Wildman–Crippen LogP) is 6.36. The second-order valence-electron chi connectivity index (χ2n) is 6.42. The normalized spacial score (nSPS) is 11.3. The maximum atomic E-state index is 13.4. The van der Waals surface area contributed by atoms with Gasteiger partial charge in [0.1, 0.15) is 4.21 Å². The molecule has 4 aromatic rings. The van der Waals surface area contributed by atoms with Gasteiger partial charge >= 0.3 is 0 Å². The molecule has 0 aliphatic rings. The highest BCUT2D eigenvalue weighted by Gasteiger charge is 2.27. The van der Waals surface area contributed by atoms with Gasteiger partial charge in [-0.2, -0.15) is 0 Å². The summed E-state index contributed by atoms with van der Waals surface area (Å²) in [7, 11) is -3.63. The van der Waals surface area contributed by atoms with Crippen molar-refractivity contribution in [3.05, 3.63) is 102 Å². The molecular weight excluding hydrogens is 386 g/mol. The first-order chi connectivity index (χ1) is 13.6. The van der Waals surface area contributed by atoms with Crippen LogP contribution in [0.2, 0.25) is 0 Å². The smallest absolute Gasteiger partial charge is 0.218 e. The summed E-state index contributed by atoms with van der Waals surface area (Å²) in [5.74, 6) is 0. The summed E-state index contributed by atoms with van der Waals surface area (Å²) in [5.41, 5.74) is 3.50. The standard InChI is InChI=1S/C23H19NO2S2/c1-18-12-14-21(15-13-18)28(25,26)23-22(16-17-27-23)24(19-8-4-2-5-9-19)20-10-6-3-7-11-20/h2-17H,1H3. The predicted molar refractivity (Wildman–Crippen MR) is 116 cm³/mol. The summed E-state index contributed by atoms with van der Waals surface area (Å²) in [4.78, 5) is 2.29. The molecule has 1 aromatic heterocycles. The Bertz CT molecular complexity index is 1130. The van der Waals surface area contributed by atoms with Gasteiger partial charge < -0.3 is 4.90 Å². The second-order valence-corrected chi connectivity index (χ2v) is 9.48. The summed E-state index contributed by atoms with van der Waals surface area (Å²) in [6, 6.07) is 28.5. The molecule has 0 unspecified atom stereocenters. The van der Waals surface area contributed by atoms with Crippen LogP contribution >= 0.6 is 11.3 Å². The quantitative estimate of drug-likeness (QED) is 0.388. The van der Waals surface area contributed by atoms with E-state index in [1.54, 1.807) is 12.1 Å². The van der Waals surface area contributed by atoms with Crippen LogP contribution in [0.5, 0.6) is 0 Å². The van der Waals surface area contributed by atoms with Crippen molar-refractivity contribution in [3.8, 4) is 0 Å². The van der Waals surface area contributed by atoms with E-state index in [9.17, 15) is 8.42 Å². The van der Waals surface area contributed by atoms with Gasteiger partial charge in [-0.25, -0.2) is 8.42 Å². The van der Waals surface area contributed by atoms with Crippen LogP contribution < -0.4 is 4.90 Å². The number of nitrogens with zero attached hydrogens (tertiary/aromatic N) is 1. The van der Waals surface area contributed by atoms with Gasteiger partial charge in [-0.3, -0.25) is 0 Å². The Labute approximate surface area is 169 Å². The SMILES string of the molecule is Cc1ccc(S(=O)(=O)c2sccc2N(c2ccccc2)c2ccccc2)cc1. The van der Waals surface area contributed by atoms with Crippen molar-refractivity contribution in [3.63, 3.8) is 0 Å². The van der Waals surface area contributed by atoms with Gasteiger partial charge in [0.15, 0.2) is 0 Å².